The van der Waals surface area contributed by atoms with Crippen LogP contribution in [0.1, 0.15) is 43.9 Å². The van der Waals surface area contributed by atoms with Crippen molar-refractivity contribution >= 4 is 40.3 Å². The Balaban J connectivity index is 1.76. The van der Waals surface area contributed by atoms with E-state index in [1.54, 1.807) is 14.2 Å². The Labute approximate surface area is 221 Å². The first-order valence-electron chi connectivity index (χ1n) is 12.1. The van der Waals surface area contributed by atoms with Gasteiger partial charge in [0.15, 0.2) is 0 Å². The summed E-state index contributed by atoms with van der Waals surface area (Å²) in [5.41, 5.74) is 4.59. The molecule has 0 atom stereocenters. The fourth-order valence-electron chi connectivity index (χ4n) is 4.59. The number of nitrogens with zero attached hydrogens (tertiary/aromatic N) is 4. The SMILES string of the molecule is CC/N=C(/c1ccc(OC)cc1OC)N1CCCc2cc(C3=NN(C(=O)OC)C(=O)SC3(C)C)ccc21. The van der Waals surface area contributed by atoms with Crippen LogP contribution < -0.4 is 14.4 Å². The Morgan fingerprint density at radius 1 is 1.14 bits per heavy atom. The Hall–Kier alpha value is -3.53. The molecule has 0 N–H and O–H groups in total. The first-order chi connectivity index (χ1) is 17.7. The van der Waals surface area contributed by atoms with Gasteiger partial charge >= 0.3 is 11.3 Å². The van der Waals surface area contributed by atoms with Crippen molar-refractivity contribution < 1.29 is 23.8 Å². The maximum atomic E-state index is 12.5. The highest BCUT2D eigenvalue weighted by molar-refractivity contribution is 8.15. The molecule has 2 aliphatic heterocycles. The van der Waals surface area contributed by atoms with Crippen LogP contribution >= 0.6 is 11.8 Å². The summed E-state index contributed by atoms with van der Waals surface area (Å²) in [5, 5.41) is 4.75. The number of hydrogen-bond donors (Lipinski definition) is 0. The molecule has 0 saturated heterocycles. The zero-order valence-electron chi connectivity index (χ0n) is 22.0. The van der Waals surface area contributed by atoms with Gasteiger partial charge < -0.3 is 19.1 Å². The van der Waals surface area contributed by atoms with Gasteiger partial charge in [-0.15, -0.1) is 5.01 Å². The summed E-state index contributed by atoms with van der Waals surface area (Å²) in [6.07, 6.45) is 1.03. The Bertz CT molecular complexity index is 1270. The number of fused-ring (bicyclic) bond motifs is 1. The molecule has 196 valence electrons. The number of anilines is 1. The zero-order chi connectivity index (χ0) is 26.7. The monoisotopic (exact) mass is 524 g/mol. The molecule has 10 heteroatoms. The molecule has 0 aromatic heterocycles. The first-order valence-corrected chi connectivity index (χ1v) is 12.9. The Morgan fingerprint density at radius 2 is 1.92 bits per heavy atom. The van der Waals surface area contributed by atoms with Crippen molar-refractivity contribution in [3.05, 3.63) is 53.1 Å². The van der Waals surface area contributed by atoms with Crippen LogP contribution in [-0.2, 0) is 11.2 Å². The molecule has 0 aliphatic carbocycles. The van der Waals surface area contributed by atoms with Gasteiger partial charge in [0.1, 0.15) is 17.3 Å². The van der Waals surface area contributed by atoms with Crippen molar-refractivity contribution in [2.75, 3.05) is 39.3 Å². The quantitative estimate of drug-likeness (QED) is 0.385. The van der Waals surface area contributed by atoms with Gasteiger partial charge in [0.05, 0.1) is 37.4 Å². The molecular formula is C27H32N4O5S. The Morgan fingerprint density at radius 3 is 2.59 bits per heavy atom. The van der Waals surface area contributed by atoms with Crippen molar-refractivity contribution in [1.29, 1.82) is 0 Å². The highest BCUT2D eigenvalue weighted by atomic mass is 32.2. The normalized spacial score (nSPS) is 17.2. The summed E-state index contributed by atoms with van der Waals surface area (Å²) in [4.78, 5) is 31.7. The number of thioether (sulfide) groups is 1. The molecule has 0 fully saturated rings. The summed E-state index contributed by atoms with van der Waals surface area (Å²) < 4.78 is 15.2. The van der Waals surface area contributed by atoms with Crippen LogP contribution in [0.25, 0.3) is 0 Å². The largest absolute Gasteiger partial charge is 0.497 e. The first kappa shape index (κ1) is 26.5. The van der Waals surface area contributed by atoms with Gasteiger partial charge in [-0.2, -0.15) is 5.10 Å². The van der Waals surface area contributed by atoms with Crippen molar-refractivity contribution in [3.8, 4) is 11.5 Å². The number of hydrogen-bond acceptors (Lipinski definition) is 8. The third kappa shape index (κ3) is 5.16. The van der Waals surface area contributed by atoms with E-state index in [-0.39, 0.29) is 0 Å². The molecule has 0 bridgehead atoms. The molecule has 0 spiro atoms. The molecule has 2 heterocycles. The van der Waals surface area contributed by atoms with E-state index in [1.807, 2.05) is 45.0 Å². The number of carbonyl (C=O) groups is 2. The van der Waals surface area contributed by atoms with Crippen LogP contribution in [0.2, 0.25) is 0 Å². The van der Waals surface area contributed by atoms with E-state index in [0.29, 0.717) is 23.8 Å². The number of rotatable bonds is 5. The van der Waals surface area contributed by atoms with Crippen LogP contribution in [0.5, 0.6) is 11.5 Å². The lowest BCUT2D eigenvalue weighted by Gasteiger charge is -2.35. The van der Waals surface area contributed by atoms with Crippen molar-refractivity contribution in [2.45, 2.75) is 38.4 Å². The number of hydrazone groups is 1. The highest BCUT2D eigenvalue weighted by Gasteiger charge is 2.40. The second-order valence-electron chi connectivity index (χ2n) is 9.07. The smallest absolute Gasteiger partial charge is 0.438 e. The van der Waals surface area contributed by atoms with Gasteiger partial charge in [-0.05, 0) is 80.8 Å². The molecule has 37 heavy (non-hydrogen) atoms. The number of benzene rings is 2. The van der Waals surface area contributed by atoms with Crippen LogP contribution in [0.3, 0.4) is 0 Å². The maximum absolute atomic E-state index is 12.5. The van der Waals surface area contributed by atoms with Crippen LogP contribution in [0.4, 0.5) is 15.3 Å². The van der Waals surface area contributed by atoms with Crippen molar-refractivity contribution in [2.24, 2.45) is 10.1 Å². The van der Waals surface area contributed by atoms with Gasteiger partial charge in [-0.3, -0.25) is 9.79 Å². The molecule has 2 aromatic rings. The van der Waals surface area contributed by atoms with E-state index in [2.05, 4.69) is 22.1 Å². The number of methoxy groups -OCH3 is 3. The van der Waals surface area contributed by atoms with E-state index >= 15 is 0 Å². The summed E-state index contributed by atoms with van der Waals surface area (Å²) >= 11 is 1.05. The van der Waals surface area contributed by atoms with Gasteiger partial charge in [-0.1, -0.05) is 6.07 Å². The van der Waals surface area contributed by atoms with Crippen molar-refractivity contribution in [3.63, 3.8) is 0 Å². The number of ether oxygens (including phenoxy) is 3. The maximum Gasteiger partial charge on any atom is 0.438 e. The van der Waals surface area contributed by atoms with Gasteiger partial charge in [0.25, 0.3) is 0 Å². The standard InChI is InChI=1S/C27H32N4O5S/c1-7-28-24(20-12-11-19(34-4)16-22(20)35-5)30-14-8-9-17-15-18(10-13-21(17)30)23-27(2,3)37-26(33)31(29-23)25(32)36-6/h10-13,15-16H,7-9,14H2,1-6H3/b28-24-. The number of amides is 2. The van der Waals surface area contributed by atoms with E-state index in [9.17, 15) is 9.59 Å². The summed E-state index contributed by atoms with van der Waals surface area (Å²) in [6, 6.07) is 11.9. The summed E-state index contributed by atoms with van der Waals surface area (Å²) in [7, 11) is 4.51. The fourth-order valence-corrected chi connectivity index (χ4v) is 5.49. The van der Waals surface area contributed by atoms with E-state index in [1.165, 1.54) is 7.11 Å². The second-order valence-corrected chi connectivity index (χ2v) is 10.6. The molecule has 2 aromatic carbocycles. The third-order valence-corrected chi connectivity index (χ3v) is 7.37. The molecule has 0 radical (unpaired) electrons. The number of imide groups is 1. The van der Waals surface area contributed by atoms with Gasteiger partial charge in [0.2, 0.25) is 0 Å². The summed E-state index contributed by atoms with van der Waals surface area (Å²) in [5.74, 6) is 2.25. The lowest BCUT2D eigenvalue weighted by atomic mass is 9.93. The van der Waals surface area contributed by atoms with Crippen LogP contribution in [0, 0.1) is 0 Å². The predicted octanol–water partition coefficient (Wildman–Crippen LogP) is 5.34. The molecule has 0 unspecified atom stereocenters. The lowest BCUT2D eigenvalue weighted by molar-refractivity contribution is 0.136. The summed E-state index contributed by atoms with van der Waals surface area (Å²) in [6.45, 7) is 7.30. The molecule has 0 saturated carbocycles. The minimum absolute atomic E-state index is 0.460. The number of carbonyl (C=O) groups excluding carboxylic acids is 2. The number of aliphatic imine (C=N–C) groups is 1. The molecule has 4 rings (SSSR count). The number of amidine groups is 1. The van der Waals surface area contributed by atoms with Gasteiger partial charge in [-0.25, -0.2) is 4.79 Å². The molecule has 2 amide bonds. The van der Waals surface area contributed by atoms with E-state index < -0.39 is 16.1 Å². The highest BCUT2D eigenvalue weighted by Crippen LogP contribution is 2.38. The van der Waals surface area contributed by atoms with Gasteiger partial charge in [0, 0.05) is 24.8 Å². The minimum atomic E-state index is -0.802. The van der Waals surface area contributed by atoms with Crippen LogP contribution in [-0.4, -0.2) is 67.1 Å². The average Bonchev–Trinajstić information content (AvgIpc) is 2.90. The average molecular weight is 525 g/mol. The fraction of sp³-hybridized carbons (Fsp3) is 0.407. The van der Waals surface area contributed by atoms with Crippen LogP contribution in [0.15, 0.2) is 46.5 Å². The minimum Gasteiger partial charge on any atom is -0.497 e. The van der Waals surface area contributed by atoms with E-state index in [0.717, 1.165) is 64.4 Å². The molecule has 9 nitrogen and oxygen atoms in total. The molecule has 2 aliphatic rings. The molecular weight excluding hydrogens is 492 g/mol. The predicted molar refractivity (Wildman–Crippen MR) is 147 cm³/mol. The zero-order valence-corrected chi connectivity index (χ0v) is 22.8. The Kier molecular flexibility index (Phi) is 7.77. The topological polar surface area (TPSA) is 93.0 Å². The second kappa shape index (κ2) is 10.8. The van der Waals surface area contributed by atoms with Crippen molar-refractivity contribution in [1.82, 2.24) is 5.01 Å². The third-order valence-electron chi connectivity index (χ3n) is 6.32. The van der Waals surface area contributed by atoms with E-state index in [4.69, 9.17) is 19.2 Å². The number of aryl methyl sites for hydroxylation is 1. The lowest BCUT2D eigenvalue weighted by Crippen LogP contribution is -2.43.